The fourth-order valence-corrected chi connectivity index (χ4v) is 5.94. The summed E-state index contributed by atoms with van der Waals surface area (Å²) in [6, 6.07) is 13.0. The van der Waals surface area contributed by atoms with E-state index in [9.17, 15) is 36.6 Å². The van der Waals surface area contributed by atoms with E-state index in [0.29, 0.717) is 0 Å². The maximum absolute atomic E-state index is 12.9. The van der Waals surface area contributed by atoms with Gasteiger partial charge in [-0.25, -0.2) is 9.59 Å². The van der Waals surface area contributed by atoms with Crippen molar-refractivity contribution in [3.05, 3.63) is 77.9 Å². The molecule has 0 unspecified atom stereocenters. The summed E-state index contributed by atoms with van der Waals surface area (Å²) in [5, 5.41) is 34.2. The predicted molar refractivity (Wildman–Crippen MR) is 175 cm³/mol. The number of rotatable bonds is 12. The summed E-state index contributed by atoms with van der Waals surface area (Å²) in [6.45, 7) is 0. The number of fused-ring (bicyclic) bond motifs is 1. The molecule has 1 aromatic heterocycles. The van der Waals surface area contributed by atoms with Gasteiger partial charge in [-0.2, -0.15) is 63.9 Å². The largest absolute Gasteiger partial charge is 0.505 e. The average Bonchev–Trinajstić information content (AvgIpc) is 3.13. The standard InChI is InChI=1S/C27H23N11O12S2/c28-47-23(40)14-5-1-3-7-16(14)32-25-34-26(36-27(42)35-25)33-18-11-13(51(43,44)49-30)9-12-10-19(52(45,46)50-31)21(22(39)20(12)18)38-37-17-8-4-2-6-15(17)24(41)48-29/h1-11,39H,28-31H2,(H3,32,33,34,35,36,42)/b38-37+. The lowest BCUT2D eigenvalue weighted by molar-refractivity contribution is 0.0496. The van der Waals surface area contributed by atoms with E-state index in [1.165, 1.54) is 48.5 Å². The minimum absolute atomic E-state index is 0.0496. The first-order valence-electron chi connectivity index (χ1n) is 13.7. The Kier molecular flexibility index (Phi) is 10.5. The molecular formula is C27H23N11O12S2. The van der Waals surface area contributed by atoms with Crippen LogP contribution in [-0.2, 0) is 38.5 Å². The van der Waals surface area contributed by atoms with Gasteiger partial charge in [0.1, 0.15) is 16.3 Å². The third-order valence-electron chi connectivity index (χ3n) is 6.79. The van der Waals surface area contributed by atoms with Crippen molar-refractivity contribution in [1.82, 2.24) is 15.0 Å². The Labute approximate surface area is 290 Å². The number of nitrogens with one attached hydrogen (secondary N) is 2. The van der Waals surface area contributed by atoms with E-state index >= 15 is 0 Å². The molecule has 23 nitrogen and oxygen atoms in total. The van der Waals surface area contributed by atoms with Crippen LogP contribution >= 0.6 is 0 Å². The van der Waals surface area contributed by atoms with Crippen LogP contribution < -0.4 is 34.2 Å². The highest BCUT2D eigenvalue weighted by Crippen LogP contribution is 2.46. The molecular weight excluding hydrogens is 734 g/mol. The maximum Gasteiger partial charge on any atom is 0.358 e. The van der Waals surface area contributed by atoms with E-state index in [-0.39, 0.29) is 44.9 Å². The lowest BCUT2D eigenvalue weighted by atomic mass is 10.1. The molecule has 25 heteroatoms. The summed E-state index contributed by atoms with van der Waals surface area (Å²) in [5.41, 5.74) is -1.54. The van der Waals surface area contributed by atoms with Crippen LogP contribution in [0.1, 0.15) is 20.7 Å². The number of azo groups is 1. The van der Waals surface area contributed by atoms with Gasteiger partial charge >= 0.3 is 38.2 Å². The molecule has 5 aromatic rings. The number of phenolic OH excluding ortho intramolecular Hbond substituents is 1. The molecule has 4 aromatic carbocycles. The van der Waals surface area contributed by atoms with Gasteiger partial charge in [0, 0.05) is 5.39 Å². The monoisotopic (exact) mass is 757 g/mol. The molecule has 0 bridgehead atoms. The molecule has 0 spiro atoms. The van der Waals surface area contributed by atoms with Crippen LogP contribution in [-0.4, -0.2) is 53.9 Å². The molecule has 0 aliphatic heterocycles. The van der Waals surface area contributed by atoms with Gasteiger partial charge in [-0.1, -0.05) is 24.3 Å². The summed E-state index contributed by atoms with van der Waals surface area (Å²) in [4.78, 5) is 42.8. The molecule has 270 valence electrons. The second-order valence-electron chi connectivity index (χ2n) is 9.85. The molecule has 0 radical (unpaired) electrons. The van der Waals surface area contributed by atoms with Crippen LogP contribution in [0.2, 0.25) is 0 Å². The lowest BCUT2D eigenvalue weighted by Crippen LogP contribution is -2.13. The summed E-state index contributed by atoms with van der Waals surface area (Å²) in [7, 11) is -9.67. The summed E-state index contributed by atoms with van der Waals surface area (Å²) < 4.78 is 59.6. The zero-order chi connectivity index (χ0) is 37.8. The smallest absolute Gasteiger partial charge is 0.358 e. The van der Waals surface area contributed by atoms with Gasteiger partial charge in [-0.15, -0.1) is 10.2 Å². The number of phenols is 1. The normalized spacial score (nSPS) is 11.8. The van der Waals surface area contributed by atoms with Crippen LogP contribution in [0.4, 0.5) is 34.6 Å². The number of benzene rings is 4. The lowest BCUT2D eigenvalue weighted by Gasteiger charge is -2.16. The van der Waals surface area contributed by atoms with Crippen molar-refractivity contribution in [2.24, 2.45) is 33.8 Å². The molecule has 52 heavy (non-hydrogen) atoms. The van der Waals surface area contributed by atoms with E-state index in [2.05, 4.69) is 54.1 Å². The average molecular weight is 758 g/mol. The van der Waals surface area contributed by atoms with Gasteiger partial charge in [-0.05, 0) is 47.9 Å². The summed E-state index contributed by atoms with van der Waals surface area (Å²) >= 11 is 0. The third kappa shape index (κ3) is 7.50. The molecule has 0 saturated carbocycles. The Morgan fingerprint density at radius 2 is 1.27 bits per heavy atom. The zero-order valence-electron chi connectivity index (χ0n) is 25.7. The highest BCUT2D eigenvalue weighted by atomic mass is 32.2. The first kappa shape index (κ1) is 36.8. The Hall–Kier alpha value is -6.45. The van der Waals surface area contributed by atoms with Gasteiger partial charge in [-0.3, -0.25) is 0 Å². The van der Waals surface area contributed by atoms with Crippen LogP contribution in [0.25, 0.3) is 10.8 Å². The SMILES string of the molecule is NOC(=O)c1ccccc1/N=N/c1c(S(=O)(=O)ON)cc2cc(S(=O)(=O)ON)cc(Nc3nc(O)nc(Nc4ccccc4C(=O)ON)n3)c2c1O. The maximum atomic E-state index is 12.9. The predicted octanol–water partition coefficient (Wildman–Crippen LogP) is 1.56. The van der Waals surface area contributed by atoms with Crippen LogP contribution in [0, 0.1) is 0 Å². The number of carbonyl (C=O) groups excluding carboxylic acids is 2. The fourth-order valence-electron chi connectivity index (χ4n) is 4.55. The van der Waals surface area contributed by atoms with E-state index in [1.54, 1.807) is 0 Å². The van der Waals surface area contributed by atoms with E-state index in [4.69, 9.17) is 23.6 Å². The second kappa shape index (κ2) is 14.8. The number of anilines is 4. The Morgan fingerprint density at radius 3 is 1.90 bits per heavy atom. The number of nitrogens with zero attached hydrogens (tertiary/aromatic N) is 5. The quantitative estimate of drug-likeness (QED) is 0.0661. The van der Waals surface area contributed by atoms with Crippen molar-refractivity contribution in [3.63, 3.8) is 0 Å². The topological polar surface area (TPSA) is 371 Å². The van der Waals surface area contributed by atoms with Crippen molar-refractivity contribution >= 4 is 77.6 Å². The summed E-state index contributed by atoms with van der Waals surface area (Å²) in [6.07, 6.45) is 0. The highest BCUT2D eigenvalue weighted by molar-refractivity contribution is 7.87. The number of aromatic hydroxyl groups is 2. The number of para-hydroxylation sites is 1. The second-order valence-corrected chi connectivity index (χ2v) is 13.0. The van der Waals surface area contributed by atoms with Crippen molar-refractivity contribution in [2.45, 2.75) is 9.79 Å². The first-order chi connectivity index (χ1) is 24.7. The molecule has 0 aliphatic carbocycles. The molecule has 12 N–H and O–H groups in total. The summed E-state index contributed by atoms with van der Waals surface area (Å²) in [5.74, 6) is 16.2. The third-order valence-corrected chi connectivity index (χ3v) is 8.96. The molecule has 0 amide bonds. The van der Waals surface area contributed by atoms with Gasteiger partial charge in [0.2, 0.25) is 11.9 Å². The molecule has 5 rings (SSSR count). The van der Waals surface area contributed by atoms with Crippen LogP contribution in [0.15, 0.2) is 86.7 Å². The zero-order valence-corrected chi connectivity index (χ0v) is 27.3. The number of carbonyl (C=O) groups is 2. The van der Waals surface area contributed by atoms with E-state index < -0.39 is 65.4 Å². The number of nitrogens with two attached hydrogens (primary N) is 4. The van der Waals surface area contributed by atoms with Crippen LogP contribution in [0.3, 0.4) is 0 Å². The molecule has 0 aliphatic rings. The van der Waals surface area contributed by atoms with Crippen molar-refractivity contribution < 1.29 is 54.9 Å². The minimum atomic E-state index is -4.95. The van der Waals surface area contributed by atoms with Gasteiger partial charge in [0.15, 0.2) is 5.75 Å². The van der Waals surface area contributed by atoms with E-state index in [0.717, 1.165) is 18.2 Å². The van der Waals surface area contributed by atoms with Crippen molar-refractivity contribution in [2.75, 3.05) is 10.6 Å². The van der Waals surface area contributed by atoms with Crippen molar-refractivity contribution in [1.29, 1.82) is 0 Å². The Bertz CT molecular complexity index is 2480. The highest BCUT2D eigenvalue weighted by Gasteiger charge is 2.28. The van der Waals surface area contributed by atoms with E-state index in [1.807, 2.05) is 0 Å². The van der Waals surface area contributed by atoms with Crippen molar-refractivity contribution in [3.8, 4) is 11.8 Å². The number of aromatic nitrogens is 3. The molecule has 0 fully saturated rings. The molecule has 0 saturated heterocycles. The van der Waals surface area contributed by atoms with Crippen LogP contribution in [0.5, 0.6) is 11.8 Å². The van der Waals surface area contributed by atoms with Gasteiger partial charge in [0.25, 0.3) is 0 Å². The van der Waals surface area contributed by atoms with Gasteiger partial charge in [0.05, 0.1) is 27.4 Å². The Morgan fingerprint density at radius 1 is 0.692 bits per heavy atom. The minimum Gasteiger partial charge on any atom is -0.505 e. The molecule has 1 heterocycles. The molecule has 0 atom stereocenters. The first-order valence-corrected chi connectivity index (χ1v) is 16.6. The number of hydrogen-bond acceptors (Lipinski definition) is 23. The van der Waals surface area contributed by atoms with Gasteiger partial charge < -0.3 is 30.5 Å². The number of hydrogen-bond donors (Lipinski definition) is 8. The fraction of sp³-hybridized carbons (Fsp3) is 0. The Balaban J connectivity index is 1.73.